The maximum absolute atomic E-state index is 13.0. The number of rotatable bonds is 5. The third kappa shape index (κ3) is 4.60. The Balaban J connectivity index is 0.00000106. The number of allylic oxidation sites excluding steroid dienone is 1. The van der Waals surface area contributed by atoms with E-state index in [1.54, 1.807) is 13.2 Å². The van der Waals surface area contributed by atoms with Crippen LogP contribution in [0.25, 0.3) is 0 Å². The van der Waals surface area contributed by atoms with Crippen molar-refractivity contribution in [3.8, 4) is 0 Å². The standard InChI is InChI=1S/C11H18F2O.C2H6/c1-3-11(12,13)8-7-10(9-14-2)5-4-6-10;1-2/h7-8H,3-6,9H2,1-2H3;1-2H3/b8-7+;. The van der Waals surface area contributed by atoms with Gasteiger partial charge in [0, 0.05) is 18.9 Å². The van der Waals surface area contributed by atoms with Gasteiger partial charge in [0.25, 0.3) is 5.92 Å². The second kappa shape index (κ2) is 7.00. The van der Waals surface area contributed by atoms with Crippen LogP contribution in [0.2, 0.25) is 0 Å². The number of ether oxygens (including phenoxy) is 1. The molecule has 0 unspecified atom stereocenters. The molecule has 1 rings (SSSR count). The monoisotopic (exact) mass is 234 g/mol. The first-order valence-electron chi connectivity index (χ1n) is 6.11. The summed E-state index contributed by atoms with van der Waals surface area (Å²) < 4.78 is 31.0. The molecule has 0 aromatic rings. The van der Waals surface area contributed by atoms with E-state index in [-0.39, 0.29) is 11.8 Å². The molecular weight excluding hydrogens is 210 g/mol. The topological polar surface area (TPSA) is 9.23 Å². The number of methoxy groups -OCH3 is 1. The van der Waals surface area contributed by atoms with Crippen LogP contribution in [-0.4, -0.2) is 19.6 Å². The van der Waals surface area contributed by atoms with Crippen molar-refractivity contribution in [1.29, 1.82) is 0 Å². The molecule has 0 bridgehead atoms. The highest BCUT2D eigenvalue weighted by atomic mass is 19.3. The van der Waals surface area contributed by atoms with Crippen LogP contribution >= 0.6 is 0 Å². The highest BCUT2D eigenvalue weighted by Gasteiger charge is 2.35. The van der Waals surface area contributed by atoms with Gasteiger partial charge in [-0.2, -0.15) is 0 Å². The molecule has 0 saturated heterocycles. The van der Waals surface area contributed by atoms with Crippen molar-refractivity contribution in [1.82, 2.24) is 0 Å². The Morgan fingerprint density at radius 3 is 2.19 bits per heavy atom. The first-order chi connectivity index (χ1) is 7.54. The van der Waals surface area contributed by atoms with Crippen molar-refractivity contribution >= 4 is 0 Å². The van der Waals surface area contributed by atoms with Crippen LogP contribution in [-0.2, 0) is 4.74 Å². The zero-order valence-electron chi connectivity index (χ0n) is 10.9. The summed E-state index contributed by atoms with van der Waals surface area (Å²) in [6.07, 6.45) is 5.63. The molecule has 16 heavy (non-hydrogen) atoms. The number of alkyl halides is 2. The molecule has 1 aliphatic rings. The molecule has 0 amide bonds. The molecule has 96 valence electrons. The third-order valence-corrected chi connectivity index (χ3v) is 2.93. The number of halogens is 2. The SMILES string of the molecule is CC.CCC(F)(F)/C=C/C1(COC)CCC1. The largest absolute Gasteiger partial charge is 0.384 e. The Labute approximate surface area is 97.9 Å². The fourth-order valence-electron chi connectivity index (χ4n) is 1.69. The van der Waals surface area contributed by atoms with Gasteiger partial charge in [0.05, 0.1) is 6.61 Å². The third-order valence-electron chi connectivity index (χ3n) is 2.93. The van der Waals surface area contributed by atoms with Crippen molar-refractivity contribution in [2.75, 3.05) is 13.7 Å². The Morgan fingerprint density at radius 1 is 1.31 bits per heavy atom. The molecule has 0 heterocycles. The number of hydrogen-bond donors (Lipinski definition) is 0. The molecule has 3 heteroatoms. The number of hydrogen-bond acceptors (Lipinski definition) is 1. The minimum absolute atomic E-state index is 0.104. The van der Waals surface area contributed by atoms with Gasteiger partial charge in [-0.3, -0.25) is 0 Å². The average Bonchev–Trinajstić information content (AvgIpc) is 2.25. The molecule has 0 radical (unpaired) electrons. The molecule has 0 atom stereocenters. The molecule has 0 N–H and O–H groups in total. The van der Waals surface area contributed by atoms with E-state index in [4.69, 9.17) is 4.74 Å². The van der Waals surface area contributed by atoms with Crippen LogP contribution in [0.5, 0.6) is 0 Å². The summed E-state index contributed by atoms with van der Waals surface area (Å²) in [4.78, 5) is 0. The second-order valence-corrected chi connectivity index (χ2v) is 4.10. The van der Waals surface area contributed by atoms with Gasteiger partial charge in [-0.25, -0.2) is 8.78 Å². The minimum Gasteiger partial charge on any atom is -0.384 e. The van der Waals surface area contributed by atoms with Crippen molar-refractivity contribution < 1.29 is 13.5 Å². The lowest BCUT2D eigenvalue weighted by Gasteiger charge is -2.38. The van der Waals surface area contributed by atoms with E-state index in [2.05, 4.69) is 0 Å². The molecule has 0 aliphatic heterocycles. The van der Waals surface area contributed by atoms with Crippen LogP contribution in [0, 0.1) is 5.41 Å². The summed E-state index contributed by atoms with van der Waals surface area (Å²) >= 11 is 0. The van der Waals surface area contributed by atoms with Gasteiger partial charge in [-0.1, -0.05) is 33.3 Å². The van der Waals surface area contributed by atoms with Gasteiger partial charge in [0.2, 0.25) is 0 Å². The molecule has 0 aromatic heterocycles. The average molecular weight is 234 g/mol. The minimum atomic E-state index is -2.66. The van der Waals surface area contributed by atoms with Crippen molar-refractivity contribution in [2.45, 2.75) is 52.4 Å². The Kier molecular flexibility index (Phi) is 6.81. The maximum Gasteiger partial charge on any atom is 0.266 e. The Hall–Kier alpha value is -0.440. The molecule has 1 aliphatic carbocycles. The first-order valence-corrected chi connectivity index (χ1v) is 6.11. The summed E-state index contributed by atoms with van der Waals surface area (Å²) in [5.41, 5.74) is -0.104. The molecular formula is C13H24F2O. The fraction of sp³-hybridized carbons (Fsp3) is 0.846. The lowest BCUT2D eigenvalue weighted by atomic mass is 9.69. The lowest BCUT2D eigenvalue weighted by Crippen LogP contribution is -2.32. The molecule has 0 spiro atoms. The van der Waals surface area contributed by atoms with Gasteiger partial charge in [-0.05, 0) is 18.9 Å². The van der Waals surface area contributed by atoms with E-state index in [0.717, 1.165) is 25.3 Å². The summed E-state index contributed by atoms with van der Waals surface area (Å²) in [5.74, 6) is -2.66. The maximum atomic E-state index is 13.0. The molecule has 1 fully saturated rings. The van der Waals surface area contributed by atoms with Gasteiger partial charge < -0.3 is 4.74 Å². The molecule has 1 saturated carbocycles. The summed E-state index contributed by atoms with van der Waals surface area (Å²) in [6, 6.07) is 0. The van der Waals surface area contributed by atoms with Crippen molar-refractivity contribution in [2.24, 2.45) is 5.41 Å². The quantitative estimate of drug-likeness (QED) is 0.639. The molecule has 1 nitrogen and oxygen atoms in total. The van der Waals surface area contributed by atoms with Crippen LogP contribution < -0.4 is 0 Å². The lowest BCUT2D eigenvalue weighted by molar-refractivity contribution is 0.0377. The summed E-state index contributed by atoms with van der Waals surface area (Å²) in [5, 5.41) is 0. The zero-order chi connectivity index (χ0) is 12.7. The van der Waals surface area contributed by atoms with Gasteiger partial charge in [-0.15, -0.1) is 0 Å². The van der Waals surface area contributed by atoms with E-state index in [1.807, 2.05) is 13.8 Å². The van der Waals surface area contributed by atoms with Gasteiger partial charge in [0.1, 0.15) is 0 Å². The van der Waals surface area contributed by atoms with Crippen molar-refractivity contribution in [3.63, 3.8) is 0 Å². The highest BCUT2D eigenvalue weighted by Crippen LogP contribution is 2.43. The van der Waals surface area contributed by atoms with Crippen molar-refractivity contribution in [3.05, 3.63) is 12.2 Å². The second-order valence-electron chi connectivity index (χ2n) is 4.10. The summed E-state index contributed by atoms with van der Waals surface area (Å²) in [7, 11) is 1.62. The van der Waals surface area contributed by atoms with Crippen LogP contribution in [0.4, 0.5) is 8.78 Å². The van der Waals surface area contributed by atoms with Gasteiger partial charge >= 0.3 is 0 Å². The zero-order valence-corrected chi connectivity index (χ0v) is 10.9. The van der Waals surface area contributed by atoms with E-state index in [9.17, 15) is 8.78 Å². The highest BCUT2D eigenvalue weighted by molar-refractivity contribution is 5.08. The predicted octanol–water partition coefficient (Wildman–Crippen LogP) is 4.43. The van der Waals surface area contributed by atoms with E-state index < -0.39 is 5.92 Å². The van der Waals surface area contributed by atoms with Crippen LogP contribution in [0.1, 0.15) is 46.5 Å². The smallest absolute Gasteiger partial charge is 0.266 e. The Bertz CT molecular complexity index is 208. The van der Waals surface area contributed by atoms with Crippen LogP contribution in [0.3, 0.4) is 0 Å². The Morgan fingerprint density at radius 2 is 1.88 bits per heavy atom. The van der Waals surface area contributed by atoms with E-state index in [1.165, 1.54) is 6.92 Å². The van der Waals surface area contributed by atoms with Gasteiger partial charge in [0.15, 0.2) is 0 Å². The first kappa shape index (κ1) is 15.6. The molecule has 0 aromatic carbocycles. The normalized spacial score (nSPS) is 18.9. The van der Waals surface area contributed by atoms with Crippen LogP contribution in [0.15, 0.2) is 12.2 Å². The summed E-state index contributed by atoms with van der Waals surface area (Å²) in [6.45, 7) is 6.05. The fourth-order valence-corrected chi connectivity index (χ4v) is 1.69. The van der Waals surface area contributed by atoms with E-state index in [0.29, 0.717) is 6.61 Å². The predicted molar refractivity (Wildman–Crippen MR) is 63.9 cm³/mol. The van der Waals surface area contributed by atoms with E-state index >= 15 is 0 Å².